The number of rotatable bonds is 4. The van der Waals surface area contributed by atoms with Crippen molar-refractivity contribution in [2.45, 2.75) is 13.0 Å². The van der Waals surface area contributed by atoms with Gasteiger partial charge >= 0.3 is 0 Å². The molecule has 0 saturated carbocycles. The van der Waals surface area contributed by atoms with E-state index in [9.17, 15) is 5.11 Å². The van der Waals surface area contributed by atoms with Crippen molar-refractivity contribution in [3.05, 3.63) is 65.9 Å². The van der Waals surface area contributed by atoms with Gasteiger partial charge in [0.25, 0.3) is 0 Å². The highest BCUT2D eigenvalue weighted by molar-refractivity contribution is 5.48. The molecule has 4 rings (SSSR count). The number of fused-ring (bicyclic) bond motifs is 1. The number of aryl methyl sites for hydroxylation is 1. The maximum Gasteiger partial charge on any atom is 0.168 e. The molecule has 1 saturated heterocycles. The molecule has 5 nitrogen and oxygen atoms in total. The molecule has 1 fully saturated rings. The van der Waals surface area contributed by atoms with Crippen LogP contribution >= 0.6 is 0 Å². The molecule has 2 aromatic carbocycles. The summed E-state index contributed by atoms with van der Waals surface area (Å²) in [6.45, 7) is 7.07. The van der Waals surface area contributed by atoms with Crippen LogP contribution in [-0.4, -0.2) is 49.3 Å². The number of benzene rings is 2. The largest absolute Gasteiger partial charge is 0.485 e. The Balaban J connectivity index is 1.34. The van der Waals surface area contributed by atoms with Crippen molar-refractivity contribution in [3.8, 4) is 11.5 Å². The minimum atomic E-state index is -0.544. The highest BCUT2D eigenvalue weighted by atomic mass is 16.5. The van der Waals surface area contributed by atoms with E-state index >= 15 is 0 Å². The number of piperazine rings is 1. The molecule has 0 radical (unpaired) electrons. The van der Waals surface area contributed by atoms with Crippen LogP contribution in [0.4, 0.5) is 5.69 Å². The first kappa shape index (κ1) is 17.9. The summed E-state index contributed by atoms with van der Waals surface area (Å²) in [5.41, 5.74) is 3.41. The molecule has 1 unspecified atom stereocenters. The molecular weight excluding hydrogens is 340 g/mol. The van der Waals surface area contributed by atoms with Crippen molar-refractivity contribution in [1.29, 1.82) is 0 Å². The van der Waals surface area contributed by atoms with Crippen LogP contribution < -0.4 is 14.4 Å². The summed E-state index contributed by atoms with van der Waals surface area (Å²) >= 11 is 0. The van der Waals surface area contributed by atoms with Crippen LogP contribution in [0.15, 0.2) is 54.8 Å². The lowest BCUT2D eigenvalue weighted by Gasteiger charge is -2.37. The van der Waals surface area contributed by atoms with Crippen LogP contribution in [0.2, 0.25) is 0 Å². The molecule has 0 aromatic heterocycles. The highest BCUT2D eigenvalue weighted by Crippen LogP contribution is 2.32. The Labute approximate surface area is 160 Å². The Morgan fingerprint density at radius 1 is 1.00 bits per heavy atom. The molecule has 0 spiro atoms. The van der Waals surface area contributed by atoms with Crippen LogP contribution in [-0.2, 0) is 0 Å². The summed E-state index contributed by atoms with van der Waals surface area (Å²) in [7, 11) is 0. The number of nitrogens with zero attached hydrogens (tertiary/aromatic N) is 2. The van der Waals surface area contributed by atoms with Crippen molar-refractivity contribution in [2.75, 3.05) is 44.2 Å². The van der Waals surface area contributed by atoms with Crippen molar-refractivity contribution in [3.63, 3.8) is 0 Å². The fraction of sp³-hybridized carbons (Fsp3) is 0.364. The zero-order valence-electron chi connectivity index (χ0n) is 15.7. The van der Waals surface area contributed by atoms with E-state index in [-0.39, 0.29) is 0 Å². The van der Waals surface area contributed by atoms with Gasteiger partial charge in [0, 0.05) is 38.4 Å². The van der Waals surface area contributed by atoms with Gasteiger partial charge in [-0.1, -0.05) is 23.8 Å². The van der Waals surface area contributed by atoms with Crippen LogP contribution in [0.25, 0.3) is 0 Å². The molecule has 0 bridgehead atoms. The van der Waals surface area contributed by atoms with E-state index in [4.69, 9.17) is 9.47 Å². The molecule has 0 aliphatic carbocycles. The molecule has 142 valence electrons. The van der Waals surface area contributed by atoms with Crippen LogP contribution in [0.1, 0.15) is 17.2 Å². The van der Waals surface area contributed by atoms with Gasteiger partial charge in [-0.25, -0.2) is 0 Å². The predicted octanol–water partition coefficient (Wildman–Crippen LogP) is 3.14. The van der Waals surface area contributed by atoms with E-state index in [2.05, 4.69) is 41.0 Å². The van der Waals surface area contributed by atoms with Gasteiger partial charge in [0.15, 0.2) is 11.5 Å². The minimum Gasteiger partial charge on any atom is -0.485 e. The normalized spacial score (nSPS) is 18.2. The number of anilines is 1. The fourth-order valence-corrected chi connectivity index (χ4v) is 3.54. The fourth-order valence-electron chi connectivity index (χ4n) is 3.54. The number of aliphatic hydroxyl groups excluding tert-OH is 1. The summed E-state index contributed by atoms with van der Waals surface area (Å²) in [5, 5.41) is 10.7. The molecule has 2 aromatic rings. The van der Waals surface area contributed by atoms with Gasteiger partial charge in [0.05, 0.1) is 12.4 Å². The SMILES string of the molecule is Cc1ccc(N2CCN(CC(O)c3ccc4c(c3)OC=CCO4)CC2)cc1. The van der Waals surface area contributed by atoms with E-state index in [1.165, 1.54) is 11.3 Å². The standard InChI is InChI=1S/C22H26N2O3/c1-17-3-6-19(7-4-17)24-11-9-23(10-12-24)16-20(25)18-5-8-21-22(15-18)27-14-2-13-26-21/h2-8,14-15,20,25H,9-13,16H2,1H3. The molecule has 2 aliphatic rings. The number of hydrogen-bond acceptors (Lipinski definition) is 5. The maximum atomic E-state index is 10.7. The predicted molar refractivity (Wildman–Crippen MR) is 106 cm³/mol. The highest BCUT2D eigenvalue weighted by Gasteiger charge is 2.21. The Morgan fingerprint density at radius 3 is 2.56 bits per heavy atom. The zero-order valence-corrected chi connectivity index (χ0v) is 15.7. The molecule has 27 heavy (non-hydrogen) atoms. The van der Waals surface area contributed by atoms with E-state index < -0.39 is 6.10 Å². The smallest absolute Gasteiger partial charge is 0.168 e. The van der Waals surface area contributed by atoms with Gasteiger partial charge < -0.3 is 19.5 Å². The van der Waals surface area contributed by atoms with Gasteiger partial charge in [0.1, 0.15) is 6.61 Å². The van der Waals surface area contributed by atoms with Crippen molar-refractivity contribution in [2.24, 2.45) is 0 Å². The third-order valence-electron chi connectivity index (χ3n) is 5.18. The second-order valence-electron chi connectivity index (χ2n) is 7.15. The van der Waals surface area contributed by atoms with Crippen molar-refractivity contribution >= 4 is 5.69 Å². The Hall–Kier alpha value is -2.50. The average molecular weight is 366 g/mol. The Bertz CT molecular complexity index is 796. The lowest BCUT2D eigenvalue weighted by molar-refractivity contribution is 0.109. The number of ether oxygens (including phenoxy) is 2. The first-order chi connectivity index (χ1) is 13.2. The summed E-state index contributed by atoms with van der Waals surface area (Å²) in [6, 6.07) is 14.3. The van der Waals surface area contributed by atoms with Crippen LogP contribution in [0.3, 0.4) is 0 Å². The molecule has 5 heteroatoms. The van der Waals surface area contributed by atoms with E-state index in [1.54, 1.807) is 6.26 Å². The first-order valence-corrected chi connectivity index (χ1v) is 9.49. The summed E-state index contributed by atoms with van der Waals surface area (Å²) in [5.74, 6) is 1.37. The van der Waals surface area contributed by atoms with Crippen LogP contribution in [0, 0.1) is 6.92 Å². The molecule has 1 N–H and O–H groups in total. The monoisotopic (exact) mass is 366 g/mol. The first-order valence-electron chi connectivity index (χ1n) is 9.49. The number of hydrogen-bond donors (Lipinski definition) is 1. The third kappa shape index (κ3) is 4.26. The topological polar surface area (TPSA) is 45.2 Å². The molecule has 2 heterocycles. The third-order valence-corrected chi connectivity index (χ3v) is 5.18. The number of aliphatic hydroxyl groups is 1. The molecule has 2 aliphatic heterocycles. The Morgan fingerprint density at radius 2 is 1.78 bits per heavy atom. The van der Waals surface area contributed by atoms with Crippen LogP contribution in [0.5, 0.6) is 11.5 Å². The van der Waals surface area contributed by atoms with E-state index in [1.807, 2.05) is 24.3 Å². The molecule has 0 amide bonds. The minimum absolute atomic E-state index is 0.500. The summed E-state index contributed by atoms with van der Waals surface area (Å²) in [6.07, 6.45) is 2.91. The second-order valence-corrected chi connectivity index (χ2v) is 7.15. The maximum absolute atomic E-state index is 10.7. The van der Waals surface area contributed by atoms with Gasteiger partial charge in [-0.3, -0.25) is 4.90 Å². The van der Waals surface area contributed by atoms with Gasteiger partial charge in [-0.15, -0.1) is 0 Å². The van der Waals surface area contributed by atoms with E-state index in [0.717, 1.165) is 31.7 Å². The zero-order chi connectivity index (χ0) is 18.6. The average Bonchev–Trinajstić information content (AvgIpc) is 2.94. The number of β-amino-alcohol motifs (C(OH)–C–C–N with tert-alkyl or cyclic N) is 1. The Kier molecular flexibility index (Phi) is 5.32. The molecular formula is C22H26N2O3. The second kappa shape index (κ2) is 8.03. The van der Waals surface area contributed by atoms with Gasteiger partial charge in [0.2, 0.25) is 0 Å². The lowest BCUT2D eigenvalue weighted by Crippen LogP contribution is -2.47. The van der Waals surface area contributed by atoms with E-state index in [0.29, 0.717) is 24.7 Å². The van der Waals surface area contributed by atoms with Gasteiger partial charge in [-0.2, -0.15) is 0 Å². The van der Waals surface area contributed by atoms with Gasteiger partial charge in [-0.05, 0) is 42.8 Å². The summed E-state index contributed by atoms with van der Waals surface area (Å²) < 4.78 is 11.1. The quantitative estimate of drug-likeness (QED) is 0.901. The lowest BCUT2D eigenvalue weighted by atomic mass is 10.1. The van der Waals surface area contributed by atoms with Crippen molar-refractivity contribution in [1.82, 2.24) is 4.90 Å². The summed E-state index contributed by atoms with van der Waals surface area (Å²) in [4.78, 5) is 4.72. The molecule has 1 atom stereocenters. The van der Waals surface area contributed by atoms with Crippen molar-refractivity contribution < 1.29 is 14.6 Å².